The predicted octanol–water partition coefficient (Wildman–Crippen LogP) is 2.51. The van der Waals surface area contributed by atoms with Gasteiger partial charge < -0.3 is 14.7 Å². The molecule has 1 aromatic heterocycles. The average Bonchev–Trinajstić information content (AvgIpc) is 3.15. The van der Waals surface area contributed by atoms with Crippen molar-refractivity contribution in [2.24, 2.45) is 4.99 Å². The Labute approximate surface area is 136 Å². The normalized spacial score (nSPS) is 15.0. The third-order valence-electron chi connectivity index (χ3n) is 3.87. The molecular weight excluding hydrogens is 290 g/mol. The molecule has 2 aromatic rings. The minimum atomic E-state index is -0.138. The molecule has 0 unspecified atom stereocenters. The second kappa shape index (κ2) is 6.02. The van der Waals surface area contributed by atoms with Crippen molar-refractivity contribution in [2.45, 2.75) is 39.2 Å². The van der Waals surface area contributed by atoms with Gasteiger partial charge in [0.1, 0.15) is 0 Å². The second-order valence-corrected chi connectivity index (χ2v) is 6.70. The average molecular weight is 313 g/mol. The van der Waals surface area contributed by atoms with Gasteiger partial charge in [-0.1, -0.05) is 44.1 Å². The van der Waals surface area contributed by atoms with Crippen LogP contribution in [0.3, 0.4) is 0 Å². The maximum Gasteiger partial charge on any atom is 0.232 e. The molecule has 0 amide bonds. The number of guanidine groups is 1. The highest BCUT2D eigenvalue weighted by Gasteiger charge is 2.24. The van der Waals surface area contributed by atoms with Gasteiger partial charge in [0, 0.05) is 24.7 Å². The summed E-state index contributed by atoms with van der Waals surface area (Å²) >= 11 is 0. The fourth-order valence-corrected chi connectivity index (χ4v) is 2.64. The van der Waals surface area contributed by atoms with Crippen molar-refractivity contribution in [3.63, 3.8) is 0 Å². The Balaban J connectivity index is 1.69. The zero-order valence-electron chi connectivity index (χ0n) is 14.1. The predicted molar refractivity (Wildman–Crippen MR) is 90.7 cm³/mol. The largest absolute Gasteiger partial charge is 0.349 e. The van der Waals surface area contributed by atoms with Crippen LogP contribution >= 0.6 is 0 Å². The van der Waals surface area contributed by atoms with Crippen LogP contribution in [0.4, 0.5) is 5.69 Å². The van der Waals surface area contributed by atoms with Crippen LogP contribution in [-0.4, -0.2) is 29.7 Å². The number of hydrogen-bond acceptors (Lipinski definition) is 4. The number of anilines is 1. The summed E-state index contributed by atoms with van der Waals surface area (Å²) in [5.41, 5.74) is 2.43. The van der Waals surface area contributed by atoms with Crippen molar-refractivity contribution in [2.75, 3.05) is 18.5 Å². The summed E-state index contributed by atoms with van der Waals surface area (Å²) in [6.07, 6.45) is 1.03. The van der Waals surface area contributed by atoms with E-state index in [0.717, 1.165) is 18.9 Å². The number of rotatable bonds is 2. The minimum absolute atomic E-state index is 0.138. The third-order valence-corrected chi connectivity index (χ3v) is 3.87. The van der Waals surface area contributed by atoms with Crippen LogP contribution in [-0.2, 0) is 18.4 Å². The van der Waals surface area contributed by atoms with E-state index in [4.69, 9.17) is 4.52 Å². The molecule has 2 heterocycles. The molecule has 3 rings (SSSR count). The van der Waals surface area contributed by atoms with E-state index in [2.05, 4.69) is 70.4 Å². The fourth-order valence-electron chi connectivity index (χ4n) is 2.64. The molecule has 6 heteroatoms. The lowest BCUT2D eigenvalue weighted by Crippen LogP contribution is -2.40. The lowest BCUT2D eigenvalue weighted by Gasteiger charge is -2.21. The van der Waals surface area contributed by atoms with Crippen LogP contribution in [0.5, 0.6) is 0 Å². The zero-order valence-corrected chi connectivity index (χ0v) is 14.1. The van der Waals surface area contributed by atoms with E-state index in [1.807, 2.05) is 0 Å². The molecule has 1 aliphatic rings. The maximum atomic E-state index is 5.32. The number of nitrogens with zero attached hydrogens (tertiary/aromatic N) is 4. The first-order chi connectivity index (χ1) is 11.0. The van der Waals surface area contributed by atoms with Gasteiger partial charge in [0.2, 0.25) is 5.89 Å². The van der Waals surface area contributed by atoms with Crippen molar-refractivity contribution in [1.82, 2.24) is 15.5 Å². The van der Waals surface area contributed by atoms with Crippen molar-refractivity contribution in [1.29, 1.82) is 0 Å². The van der Waals surface area contributed by atoms with Crippen molar-refractivity contribution in [3.8, 4) is 0 Å². The Hall–Kier alpha value is -2.37. The summed E-state index contributed by atoms with van der Waals surface area (Å²) < 4.78 is 5.32. The molecular formula is C17H23N5O. The Bertz CT molecular complexity index is 714. The molecule has 0 aliphatic carbocycles. The van der Waals surface area contributed by atoms with Crippen LogP contribution in [0, 0.1) is 0 Å². The molecule has 0 fully saturated rings. The van der Waals surface area contributed by atoms with Gasteiger partial charge in [-0.3, -0.25) is 4.99 Å². The summed E-state index contributed by atoms with van der Waals surface area (Å²) in [6.45, 7) is 7.58. The highest BCUT2D eigenvalue weighted by Crippen LogP contribution is 2.27. The number of aromatic nitrogens is 2. The van der Waals surface area contributed by atoms with E-state index < -0.39 is 0 Å². The SMILES string of the molecule is CN=C(NCc1noc(C(C)(C)C)n1)N1CCc2ccccc21. The number of benzene rings is 1. The summed E-state index contributed by atoms with van der Waals surface area (Å²) in [4.78, 5) is 11.0. The van der Waals surface area contributed by atoms with Gasteiger partial charge >= 0.3 is 0 Å². The van der Waals surface area contributed by atoms with Gasteiger partial charge in [0.15, 0.2) is 11.8 Å². The molecule has 0 saturated carbocycles. The van der Waals surface area contributed by atoms with Crippen LogP contribution in [0.25, 0.3) is 0 Å². The summed E-state index contributed by atoms with van der Waals surface area (Å²) in [5, 5.41) is 7.36. The summed E-state index contributed by atoms with van der Waals surface area (Å²) in [6, 6.07) is 8.42. The van der Waals surface area contributed by atoms with E-state index >= 15 is 0 Å². The van der Waals surface area contributed by atoms with Crippen molar-refractivity contribution in [3.05, 3.63) is 41.5 Å². The maximum absolute atomic E-state index is 5.32. The molecule has 23 heavy (non-hydrogen) atoms. The van der Waals surface area contributed by atoms with Crippen LogP contribution in [0.1, 0.15) is 38.0 Å². The molecule has 6 nitrogen and oxygen atoms in total. The number of para-hydroxylation sites is 1. The third kappa shape index (κ3) is 3.21. The Kier molecular flexibility index (Phi) is 4.07. The minimum Gasteiger partial charge on any atom is -0.349 e. The van der Waals surface area contributed by atoms with Gasteiger partial charge in [-0.25, -0.2) is 0 Å². The number of nitrogens with one attached hydrogen (secondary N) is 1. The molecule has 0 bridgehead atoms. The van der Waals surface area contributed by atoms with Gasteiger partial charge in [-0.15, -0.1) is 0 Å². The smallest absolute Gasteiger partial charge is 0.232 e. The van der Waals surface area contributed by atoms with Gasteiger partial charge in [0.05, 0.1) is 6.54 Å². The molecule has 1 N–H and O–H groups in total. The zero-order chi connectivity index (χ0) is 16.4. The van der Waals surface area contributed by atoms with Crippen LogP contribution in [0.15, 0.2) is 33.8 Å². The topological polar surface area (TPSA) is 66.5 Å². The second-order valence-electron chi connectivity index (χ2n) is 6.70. The lowest BCUT2D eigenvalue weighted by molar-refractivity contribution is 0.318. The van der Waals surface area contributed by atoms with Crippen LogP contribution < -0.4 is 10.2 Å². The fraction of sp³-hybridized carbons (Fsp3) is 0.471. The van der Waals surface area contributed by atoms with E-state index in [1.165, 1.54) is 11.3 Å². The van der Waals surface area contributed by atoms with E-state index in [0.29, 0.717) is 18.3 Å². The summed E-state index contributed by atoms with van der Waals surface area (Å²) in [7, 11) is 1.79. The van der Waals surface area contributed by atoms with Crippen molar-refractivity contribution >= 4 is 11.6 Å². The first-order valence-electron chi connectivity index (χ1n) is 7.88. The highest BCUT2D eigenvalue weighted by atomic mass is 16.5. The number of fused-ring (bicyclic) bond motifs is 1. The molecule has 122 valence electrons. The molecule has 1 aromatic carbocycles. The van der Waals surface area contributed by atoms with E-state index in [9.17, 15) is 0 Å². The lowest BCUT2D eigenvalue weighted by atomic mass is 9.97. The van der Waals surface area contributed by atoms with E-state index in [-0.39, 0.29) is 5.41 Å². The Morgan fingerprint density at radius 1 is 1.35 bits per heavy atom. The summed E-state index contributed by atoms with van der Waals surface area (Å²) in [5.74, 6) is 2.12. The molecule has 0 saturated heterocycles. The Morgan fingerprint density at radius 3 is 2.83 bits per heavy atom. The van der Waals surface area contributed by atoms with Gasteiger partial charge in [-0.2, -0.15) is 4.98 Å². The van der Waals surface area contributed by atoms with Gasteiger partial charge in [-0.05, 0) is 18.1 Å². The molecule has 0 spiro atoms. The van der Waals surface area contributed by atoms with E-state index in [1.54, 1.807) is 7.05 Å². The molecule has 1 aliphatic heterocycles. The Morgan fingerprint density at radius 2 is 2.13 bits per heavy atom. The number of hydrogen-bond donors (Lipinski definition) is 1. The van der Waals surface area contributed by atoms with Crippen molar-refractivity contribution < 1.29 is 4.52 Å². The van der Waals surface area contributed by atoms with Gasteiger partial charge in [0.25, 0.3) is 0 Å². The molecule has 0 radical (unpaired) electrons. The standard InChI is InChI=1S/C17H23N5O/c1-17(2,3)15-20-14(21-23-15)11-19-16(18-4)22-10-9-12-7-5-6-8-13(12)22/h5-8H,9-11H2,1-4H3,(H,18,19). The molecule has 0 atom stereocenters. The first-order valence-corrected chi connectivity index (χ1v) is 7.88. The number of aliphatic imine (C=N–C) groups is 1. The van der Waals surface area contributed by atoms with Crippen LogP contribution in [0.2, 0.25) is 0 Å². The highest BCUT2D eigenvalue weighted by molar-refractivity contribution is 5.97. The monoisotopic (exact) mass is 313 g/mol. The quantitative estimate of drug-likeness (QED) is 0.681. The first kappa shape index (κ1) is 15.5.